The van der Waals surface area contributed by atoms with Crippen LogP contribution in [0.4, 0.5) is 0 Å². The molecule has 0 radical (unpaired) electrons. The lowest BCUT2D eigenvalue weighted by Crippen LogP contribution is -2.02. The zero-order chi connectivity index (χ0) is 9.84. The highest BCUT2D eigenvalue weighted by Crippen LogP contribution is 2.30. The fourth-order valence-corrected chi connectivity index (χ4v) is 1.53. The van der Waals surface area contributed by atoms with Crippen LogP contribution in [0.1, 0.15) is 33.6 Å². The van der Waals surface area contributed by atoms with Crippen LogP contribution in [0.3, 0.4) is 0 Å². The van der Waals surface area contributed by atoms with E-state index in [4.69, 9.17) is 4.74 Å². The number of rotatable bonds is 4. The van der Waals surface area contributed by atoms with Crippen LogP contribution < -0.4 is 0 Å². The first kappa shape index (κ1) is 10.3. The number of ether oxygens (including phenoxy) is 1. The van der Waals surface area contributed by atoms with E-state index in [9.17, 15) is 4.79 Å². The van der Waals surface area contributed by atoms with Gasteiger partial charge in [0.15, 0.2) is 0 Å². The van der Waals surface area contributed by atoms with E-state index in [0.717, 1.165) is 37.1 Å². The molecule has 0 aromatic carbocycles. The predicted octanol–water partition coefficient (Wildman–Crippen LogP) is 2.54. The summed E-state index contributed by atoms with van der Waals surface area (Å²) in [5.41, 5.74) is 1.13. The Bertz CT molecular complexity index is 216. The van der Waals surface area contributed by atoms with Crippen LogP contribution in [-0.2, 0) is 9.53 Å². The van der Waals surface area contributed by atoms with Gasteiger partial charge in [-0.2, -0.15) is 0 Å². The molecule has 0 saturated carbocycles. The summed E-state index contributed by atoms with van der Waals surface area (Å²) in [6.07, 6.45) is 2.89. The smallest absolute Gasteiger partial charge is 0.127 e. The third-order valence-electron chi connectivity index (χ3n) is 2.43. The molecule has 0 bridgehead atoms. The molecule has 2 nitrogen and oxygen atoms in total. The van der Waals surface area contributed by atoms with E-state index in [1.54, 1.807) is 0 Å². The topological polar surface area (TPSA) is 26.3 Å². The second kappa shape index (κ2) is 4.45. The Hall–Kier alpha value is -0.790. The summed E-state index contributed by atoms with van der Waals surface area (Å²) in [6, 6.07) is 0. The van der Waals surface area contributed by atoms with Gasteiger partial charge in [-0.3, -0.25) is 0 Å². The standard InChI is InChI=1S/C11H18O2/c1-8(2)7-13-11-5-4-10(6-12)9(11)3/h6,8,10H,4-5,7H2,1-3H3. The van der Waals surface area contributed by atoms with Crippen LogP contribution in [0, 0.1) is 11.8 Å². The van der Waals surface area contributed by atoms with Crippen LogP contribution in [0.25, 0.3) is 0 Å². The lowest BCUT2D eigenvalue weighted by molar-refractivity contribution is -0.110. The van der Waals surface area contributed by atoms with Gasteiger partial charge >= 0.3 is 0 Å². The molecule has 74 valence electrons. The van der Waals surface area contributed by atoms with Gasteiger partial charge < -0.3 is 9.53 Å². The second-order valence-electron chi connectivity index (χ2n) is 4.09. The molecule has 0 heterocycles. The molecule has 0 fully saturated rings. The number of hydrogen-bond acceptors (Lipinski definition) is 2. The molecule has 1 atom stereocenters. The van der Waals surface area contributed by atoms with Crippen molar-refractivity contribution in [3.8, 4) is 0 Å². The van der Waals surface area contributed by atoms with Gasteiger partial charge in [-0.25, -0.2) is 0 Å². The predicted molar refractivity (Wildman–Crippen MR) is 52.3 cm³/mol. The summed E-state index contributed by atoms with van der Waals surface area (Å²) in [7, 11) is 0. The Morgan fingerprint density at radius 1 is 1.62 bits per heavy atom. The van der Waals surface area contributed by atoms with E-state index in [1.165, 1.54) is 0 Å². The molecule has 1 aliphatic rings. The minimum absolute atomic E-state index is 0.113. The zero-order valence-electron chi connectivity index (χ0n) is 8.67. The van der Waals surface area contributed by atoms with E-state index in [-0.39, 0.29) is 5.92 Å². The summed E-state index contributed by atoms with van der Waals surface area (Å²) in [4.78, 5) is 10.6. The number of carbonyl (C=O) groups is 1. The van der Waals surface area contributed by atoms with E-state index in [0.29, 0.717) is 5.92 Å². The summed E-state index contributed by atoms with van der Waals surface area (Å²) in [6.45, 7) is 7.02. The maximum atomic E-state index is 10.6. The van der Waals surface area contributed by atoms with Crippen LogP contribution >= 0.6 is 0 Å². The third-order valence-corrected chi connectivity index (χ3v) is 2.43. The highest BCUT2D eigenvalue weighted by Gasteiger charge is 2.22. The maximum absolute atomic E-state index is 10.6. The van der Waals surface area contributed by atoms with Gasteiger partial charge in [0.1, 0.15) is 6.29 Å². The number of carbonyl (C=O) groups excluding carboxylic acids is 1. The van der Waals surface area contributed by atoms with E-state index in [1.807, 2.05) is 6.92 Å². The van der Waals surface area contributed by atoms with Crippen LogP contribution in [-0.4, -0.2) is 12.9 Å². The molecular weight excluding hydrogens is 164 g/mol. The minimum Gasteiger partial charge on any atom is -0.498 e. The maximum Gasteiger partial charge on any atom is 0.127 e. The minimum atomic E-state index is 0.113. The Morgan fingerprint density at radius 2 is 2.31 bits per heavy atom. The third kappa shape index (κ3) is 2.58. The van der Waals surface area contributed by atoms with Crippen LogP contribution in [0.15, 0.2) is 11.3 Å². The fourth-order valence-electron chi connectivity index (χ4n) is 1.53. The molecule has 1 aliphatic carbocycles. The van der Waals surface area contributed by atoms with Crippen molar-refractivity contribution in [1.29, 1.82) is 0 Å². The first-order valence-electron chi connectivity index (χ1n) is 4.93. The summed E-state index contributed by atoms with van der Waals surface area (Å²) >= 11 is 0. The van der Waals surface area contributed by atoms with Gasteiger partial charge in [-0.05, 0) is 24.8 Å². The van der Waals surface area contributed by atoms with Gasteiger partial charge in [0, 0.05) is 12.3 Å². The van der Waals surface area contributed by atoms with Crippen molar-refractivity contribution in [2.75, 3.05) is 6.61 Å². The molecule has 0 aromatic rings. The highest BCUT2D eigenvalue weighted by molar-refractivity contribution is 5.60. The lowest BCUT2D eigenvalue weighted by atomic mass is 10.1. The fraction of sp³-hybridized carbons (Fsp3) is 0.727. The number of aldehydes is 1. The summed E-state index contributed by atoms with van der Waals surface area (Å²) in [5.74, 6) is 1.71. The van der Waals surface area contributed by atoms with Crippen molar-refractivity contribution in [2.24, 2.45) is 11.8 Å². The quantitative estimate of drug-likeness (QED) is 0.624. The van der Waals surface area contributed by atoms with Crippen molar-refractivity contribution in [3.63, 3.8) is 0 Å². The number of allylic oxidation sites excluding steroid dienone is 2. The molecule has 0 aliphatic heterocycles. The molecule has 13 heavy (non-hydrogen) atoms. The monoisotopic (exact) mass is 182 g/mol. The van der Waals surface area contributed by atoms with Crippen molar-refractivity contribution in [3.05, 3.63) is 11.3 Å². The van der Waals surface area contributed by atoms with Gasteiger partial charge in [-0.1, -0.05) is 13.8 Å². The molecule has 0 spiro atoms. The molecule has 1 unspecified atom stereocenters. The highest BCUT2D eigenvalue weighted by atomic mass is 16.5. The van der Waals surface area contributed by atoms with Crippen molar-refractivity contribution < 1.29 is 9.53 Å². The second-order valence-corrected chi connectivity index (χ2v) is 4.09. The van der Waals surface area contributed by atoms with Gasteiger partial charge in [0.05, 0.1) is 12.4 Å². The summed E-state index contributed by atoms with van der Waals surface area (Å²) < 4.78 is 5.63. The lowest BCUT2D eigenvalue weighted by Gasteiger charge is -2.10. The first-order chi connectivity index (χ1) is 6.15. The average molecular weight is 182 g/mol. The molecule has 2 heteroatoms. The molecule has 0 aromatic heterocycles. The van der Waals surface area contributed by atoms with Gasteiger partial charge in [0.2, 0.25) is 0 Å². The number of hydrogen-bond donors (Lipinski definition) is 0. The Kier molecular flexibility index (Phi) is 3.52. The van der Waals surface area contributed by atoms with Crippen molar-refractivity contribution >= 4 is 6.29 Å². The van der Waals surface area contributed by atoms with E-state index >= 15 is 0 Å². The zero-order valence-corrected chi connectivity index (χ0v) is 8.67. The Labute approximate surface area is 80.0 Å². The largest absolute Gasteiger partial charge is 0.498 e. The summed E-state index contributed by atoms with van der Waals surface area (Å²) in [5, 5.41) is 0. The molecular formula is C11H18O2. The van der Waals surface area contributed by atoms with Crippen LogP contribution in [0.2, 0.25) is 0 Å². The molecule has 0 saturated heterocycles. The van der Waals surface area contributed by atoms with E-state index in [2.05, 4.69) is 13.8 Å². The van der Waals surface area contributed by atoms with Gasteiger partial charge in [0.25, 0.3) is 0 Å². The first-order valence-corrected chi connectivity index (χ1v) is 4.93. The van der Waals surface area contributed by atoms with Crippen molar-refractivity contribution in [2.45, 2.75) is 33.6 Å². The van der Waals surface area contributed by atoms with Gasteiger partial charge in [-0.15, -0.1) is 0 Å². The Morgan fingerprint density at radius 3 is 2.77 bits per heavy atom. The Balaban J connectivity index is 2.50. The van der Waals surface area contributed by atoms with Crippen LogP contribution in [0.5, 0.6) is 0 Å². The molecule has 1 rings (SSSR count). The SMILES string of the molecule is CC1=C(OCC(C)C)CCC1C=O. The van der Waals surface area contributed by atoms with E-state index < -0.39 is 0 Å². The molecule has 0 amide bonds. The van der Waals surface area contributed by atoms with Crippen molar-refractivity contribution in [1.82, 2.24) is 0 Å². The average Bonchev–Trinajstić information content (AvgIpc) is 2.43. The molecule has 0 N–H and O–H groups in total. The normalized spacial score (nSPS) is 22.6.